The zero-order chi connectivity index (χ0) is 16.9. The van der Waals surface area contributed by atoms with Crippen LogP contribution in [-0.4, -0.2) is 38.4 Å². The normalized spacial score (nSPS) is 8.56. The molecule has 2 rings (SSSR count). The first-order chi connectivity index (χ1) is 10.3. The molecule has 0 aromatic heterocycles. The van der Waals surface area contributed by atoms with E-state index in [-0.39, 0.29) is 51.0 Å². The third-order valence-corrected chi connectivity index (χ3v) is 3.40. The number of aromatic hydroxyl groups is 2. The van der Waals surface area contributed by atoms with Crippen molar-refractivity contribution in [2.45, 2.75) is 13.8 Å². The Morgan fingerprint density at radius 2 is 0.920 bits per heavy atom. The van der Waals surface area contributed by atoms with Crippen LogP contribution in [0, 0.1) is 13.8 Å². The van der Waals surface area contributed by atoms with Crippen molar-refractivity contribution in [1.82, 2.24) is 0 Å². The number of para-hydroxylation sites is 2. The Kier molecular flexibility index (Phi) is 15.4. The van der Waals surface area contributed by atoms with Crippen molar-refractivity contribution in [2.75, 3.05) is 38.0 Å². The summed E-state index contributed by atoms with van der Waals surface area (Å²) >= 11 is 0. The maximum Gasteiger partial charge on any atom is 2.00 e. The summed E-state index contributed by atoms with van der Waals surface area (Å²) in [5.74, 6) is 0.745. The van der Waals surface area contributed by atoms with Crippen molar-refractivity contribution in [1.29, 1.82) is 0 Å². The van der Waals surface area contributed by atoms with E-state index >= 15 is 0 Å². The minimum absolute atomic E-state index is 0. The molecule has 25 heavy (non-hydrogen) atoms. The predicted octanol–water partition coefficient (Wildman–Crippen LogP) is -2.46. The molecule has 0 fully saturated rings. The third kappa shape index (κ3) is 8.35. The van der Waals surface area contributed by atoms with Crippen LogP contribution < -0.4 is 34.6 Å². The Hall–Kier alpha value is -0.897. The molecule has 7 heteroatoms. The van der Waals surface area contributed by atoms with Gasteiger partial charge in [0, 0.05) is 28.2 Å². The molecule has 0 aliphatic carbocycles. The smallest absolute Gasteiger partial charge is 1.00 e. The van der Waals surface area contributed by atoms with Gasteiger partial charge < -0.3 is 44.8 Å². The molecule has 0 aliphatic heterocycles. The van der Waals surface area contributed by atoms with Crippen molar-refractivity contribution in [2.24, 2.45) is 0 Å². The van der Waals surface area contributed by atoms with E-state index in [4.69, 9.17) is 0 Å². The van der Waals surface area contributed by atoms with E-state index in [1.54, 1.807) is 0 Å². The zero-order valence-corrected chi connectivity index (χ0v) is 19.5. The van der Waals surface area contributed by atoms with Crippen LogP contribution in [0.3, 0.4) is 0 Å². The molecule has 0 unspecified atom stereocenters. The number of halogens is 2. The monoisotopic (exact) mass is 462 g/mol. The average Bonchev–Trinajstić information content (AvgIpc) is 2.45. The van der Waals surface area contributed by atoms with E-state index in [2.05, 4.69) is 0 Å². The molecule has 0 amide bonds. The van der Waals surface area contributed by atoms with Crippen molar-refractivity contribution in [3.05, 3.63) is 47.5 Å². The number of rotatable bonds is 2. The summed E-state index contributed by atoms with van der Waals surface area (Å²) in [6.45, 7) is 3.78. The molecule has 2 aromatic rings. The second-order valence-electron chi connectivity index (χ2n) is 5.67. The summed E-state index contributed by atoms with van der Waals surface area (Å²) in [5, 5.41) is 19.1. The van der Waals surface area contributed by atoms with E-state index in [0.717, 1.165) is 22.5 Å². The summed E-state index contributed by atoms with van der Waals surface area (Å²) in [6.07, 6.45) is 0. The van der Waals surface area contributed by atoms with Crippen LogP contribution in [0.5, 0.6) is 11.5 Å². The van der Waals surface area contributed by atoms with Gasteiger partial charge in [-0.05, 0) is 37.1 Å². The number of benzene rings is 2. The SMILES string of the molecule is Cc1cccc(N(C)C)c1O.Cc1cccc(N(C)C)c1O.[Cl-].[Cl-].[Zr+2]. The van der Waals surface area contributed by atoms with Gasteiger partial charge in [-0.1, -0.05) is 24.3 Å². The van der Waals surface area contributed by atoms with Gasteiger partial charge in [-0.3, -0.25) is 0 Å². The van der Waals surface area contributed by atoms with Crippen LogP contribution in [0.4, 0.5) is 11.4 Å². The number of phenolic OH excluding ortho intramolecular Hbond substituents is 2. The topological polar surface area (TPSA) is 46.9 Å². The molecule has 0 bridgehead atoms. The second kappa shape index (κ2) is 13.3. The van der Waals surface area contributed by atoms with Crippen LogP contribution >= 0.6 is 0 Å². The fourth-order valence-corrected chi connectivity index (χ4v) is 2.01. The first-order valence-electron chi connectivity index (χ1n) is 7.17. The van der Waals surface area contributed by atoms with Gasteiger partial charge in [0.15, 0.2) is 0 Å². The molecular weight excluding hydrogens is 438 g/mol. The van der Waals surface area contributed by atoms with E-state index in [1.165, 1.54) is 0 Å². The van der Waals surface area contributed by atoms with Crippen molar-refractivity contribution in [3.8, 4) is 11.5 Å². The molecule has 0 aliphatic rings. The van der Waals surface area contributed by atoms with Gasteiger partial charge in [0.2, 0.25) is 0 Å². The summed E-state index contributed by atoms with van der Waals surface area (Å²) in [4.78, 5) is 3.78. The van der Waals surface area contributed by atoms with E-state index in [1.807, 2.05) is 88.2 Å². The molecule has 0 atom stereocenters. The Balaban J connectivity index is -0.000000346. The molecular formula is C18H26Cl2N2O2Zr. The average molecular weight is 465 g/mol. The van der Waals surface area contributed by atoms with Crippen LogP contribution in [0.15, 0.2) is 36.4 Å². The van der Waals surface area contributed by atoms with Crippen molar-refractivity contribution < 1.29 is 61.2 Å². The van der Waals surface area contributed by atoms with Gasteiger partial charge in [0.25, 0.3) is 0 Å². The van der Waals surface area contributed by atoms with Gasteiger partial charge in [-0.2, -0.15) is 0 Å². The summed E-state index contributed by atoms with van der Waals surface area (Å²) in [7, 11) is 7.64. The molecule has 4 nitrogen and oxygen atoms in total. The number of aryl methyl sites for hydroxylation is 2. The largest absolute Gasteiger partial charge is 2.00 e. The fourth-order valence-electron chi connectivity index (χ4n) is 2.01. The molecule has 0 saturated heterocycles. The quantitative estimate of drug-likeness (QED) is 0.518. The third-order valence-electron chi connectivity index (χ3n) is 3.40. The van der Waals surface area contributed by atoms with Crippen LogP contribution in [0.2, 0.25) is 0 Å². The molecule has 138 valence electrons. The standard InChI is InChI=1S/2C9H13NO.2ClH.Zr/c2*1-7-5-4-6-8(9(7)11)10(2)3;;;/h2*4-6,11H,1-3H3;2*1H;/q;;;;+2/p-2. The van der Waals surface area contributed by atoms with Crippen LogP contribution in [0.25, 0.3) is 0 Å². The minimum atomic E-state index is 0. The van der Waals surface area contributed by atoms with Gasteiger partial charge in [-0.25, -0.2) is 0 Å². The van der Waals surface area contributed by atoms with Crippen LogP contribution in [0.1, 0.15) is 11.1 Å². The second-order valence-corrected chi connectivity index (χ2v) is 5.67. The van der Waals surface area contributed by atoms with Gasteiger partial charge in [0.1, 0.15) is 11.5 Å². The Morgan fingerprint density at radius 1 is 0.640 bits per heavy atom. The molecule has 0 saturated carbocycles. The Morgan fingerprint density at radius 3 is 1.12 bits per heavy atom. The van der Waals surface area contributed by atoms with Crippen LogP contribution in [-0.2, 0) is 26.2 Å². The van der Waals surface area contributed by atoms with Crippen molar-refractivity contribution >= 4 is 11.4 Å². The predicted molar refractivity (Wildman–Crippen MR) is 94.3 cm³/mol. The number of hydrogen-bond acceptors (Lipinski definition) is 4. The number of nitrogens with zero attached hydrogens (tertiary/aromatic N) is 2. The minimum Gasteiger partial charge on any atom is -1.00 e. The number of hydrogen-bond donors (Lipinski definition) is 2. The molecule has 0 radical (unpaired) electrons. The van der Waals surface area contributed by atoms with Gasteiger partial charge >= 0.3 is 26.2 Å². The summed E-state index contributed by atoms with van der Waals surface area (Å²) in [5.41, 5.74) is 3.56. The van der Waals surface area contributed by atoms with Gasteiger partial charge in [-0.15, -0.1) is 0 Å². The molecule has 0 spiro atoms. The summed E-state index contributed by atoms with van der Waals surface area (Å²) in [6, 6.07) is 11.4. The van der Waals surface area contributed by atoms with E-state index in [0.29, 0.717) is 11.5 Å². The maximum atomic E-state index is 9.53. The summed E-state index contributed by atoms with van der Waals surface area (Å²) < 4.78 is 0. The maximum absolute atomic E-state index is 9.53. The molecule has 2 aromatic carbocycles. The fraction of sp³-hybridized carbons (Fsp3) is 0.333. The molecule has 0 heterocycles. The first kappa shape index (κ1) is 28.9. The Labute approximate surface area is 182 Å². The van der Waals surface area contributed by atoms with Crippen molar-refractivity contribution in [3.63, 3.8) is 0 Å². The van der Waals surface area contributed by atoms with Gasteiger partial charge in [0.05, 0.1) is 11.4 Å². The molecule has 2 N–H and O–H groups in total. The van der Waals surface area contributed by atoms with E-state index in [9.17, 15) is 10.2 Å². The zero-order valence-electron chi connectivity index (χ0n) is 15.5. The number of phenols is 2. The first-order valence-corrected chi connectivity index (χ1v) is 7.17. The number of anilines is 2. The Bertz CT molecular complexity index is 583. The van der Waals surface area contributed by atoms with E-state index < -0.39 is 0 Å².